The van der Waals surface area contributed by atoms with Crippen LogP contribution >= 0.6 is 0 Å². The molecular formula is C13H24N4O2. The van der Waals surface area contributed by atoms with E-state index in [1.165, 1.54) is 0 Å². The summed E-state index contributed by atoms with van der Waals surface area (Å²) in [5, 5.41) is 6.07. The van der Waals surface area contributed by atoms with E-state index in [2.05, 4.69) is 17.6 Å². The van der Waals surface area contributed by atoms with Crippen molar-refractivity contribution in [2.24, 2.45) is 5.92 Å². The van der Waals surface area contributed by atoms with Crippen LogP contribution in [0.15, 0.2) is 0 Å². The molecule has 2 unspecified atom stereocenters. The molecule has 6 nitrogen and oxygen atoms in total. The molecule has 0 saturated carbocycles. The van der Waals surface area contributed by atoms with Crippen LogP contribution in [0, 0.1) is 5.92 Å². The summed E-state index contributed by atoms with van der Waals surface area (Å²) in [6.07, 6.45) is 1.06. The minimum Gasteiger partial charge on any atom is -0.338 e. The van der Waals surface area contributed by atoms with E-state index < -0.39 is 0 Å². The lowest BCUT2D eigenvalue weighted by Crippen LogP contribution is -2.56. The summed E-state index contributed by atoms with van der Waals surface area (Å²) < 4.78 is 0. The van der Waals surface area contributed by atoms with Crippen LogP contribution in [0.2, 0.25) is 0 Å². The Labute approximate surface area is 114 Å². The molecule has 2 saturated heterocycles. The Kier molecular flexibility index (Phi) is 4.63. The highest BCUT2D eigenvalue weighted by Crippen LogP contribution is 2.17. The molecule has 2 aliphatic rings. The molecule has 0 aromatic rings. The Bertz CT molecular complexity index is 340. The number of nitrogens with zero attached hydrogens (tertiary/aromatic N) is 2. The second-order valence-electron chi connectivity index (χ2n) is 5.35. The lowest BCUT2D eigenvalue weighted by molar-refractivity contribution is -0.135. The molecule has 2 rings (SSSR count). The molecule has 19 heavy (non-hydrogen) atoms. The molecule has 0 aliphatic carbocycles. The summed E-state index contributed by atoms with van der Waals surface area (Å²) in [4.78, 5) is 27.7. The highest BCUT2D eigenvalue weighted by atomic mass is 16.2. The summed E-state index contributed by atoms with van der Waals surface area (Å²) in [6, 6.07) is -0.0574. The van der Waals surface area contributed by atoms with E-state index in [0.29, 0.717) is 38.6 Å². The number of piperazine rings is 1. The second kappa shape index (κ2) is 6.23. The third-order valence-corrected chi connectivity index (χ3v) is 4.01. The molecule has 108 valence electrons. The Morgan fingerprint density at radius 2 is 1.84 bits per heavy atom. The summed E-state index contributed by atoms with van der Waals surface area (Å²) in [5.41, 5.74) is 0. The highest BCUT2D eigenvalue weighted by molar-refractivity contribution is 5.83. The van der Waals surface area contributed by atoms with Gasteiger partial charge in [-0.2, -0.15) is 0 Å². The van der Waals surface area contributed by atoms with Gasteiger partial charge in [-0.05, 0) is 25.8 Å². The summed E-state index contributed by atoms with van der Waals surface area (Å²) in [7, 11) is 0. The average molecular weight is 268 g/mol. The monoisotopic (exact) mass is 268 g/mol. The summed E-state index contributed by atoms with van der Waals surface area (Å²) in [6.45, 7) is 8.12. The number of carbonyl (C=O) groups excluding carboxylic acids is 2. The lowest BCUT2D eigenvalue weighted by atomic mass is 10.0. The molecule has 2 aliphatic heterocycles. The van der Waals surface area contributed by atoms with Crippen LogP contribution in [0.25, 0.3) is 0 Å². The third-order valence-electron chi connectivity index (χ3n) is 4.01. The van der Waals surface area contributed by atoms with E-state index in [1.807, 2.05) is 11.8 Å². The number of carbonyl (C=O) groups is 2. The smallest absolute Gasteiger partial charge is 0.317 e. The standard InChI is InChI=1S/C13H24N4O2/c1-3-14-13(19)17-8-6-16(7-9-17)12(18)11-10(2)4-5-15-11/h10-11,15H,3-9H2,1-2H3,(H,14,19). The maximum absolute atomic E-state index is 12.4. The Balaban J connectivity index is 1.82. The van der Waals surface area contributed by atoms with Crippen molar-refractivity contribution in [2.75, 3.05) is 39.3 Å². The van der Waals surface area contributed by atoms with E-state index in [-0.39, 0.29) is 18.0 Å². The third kappa shape index (κ3) is 3.18. The van der Waals surface area contributed by atoms with Crippen molar-refractivity contribution in [1.29, 1.82) is 0 Å². The quantitative estimate of drug-likeness (QED) is 0.732. The van der Waals surface area contributed by atoms with Gasteiger partial charge >= 0.3 is 6.03 Å². The van der Waals surface area contributed by atoms with Crippen molar-refractivity contribution >= 4 is 11.9 Å². The van der Waals surface area contributed by atoms with Gasteiger partial charge in [0.2, 0.25) is 5.91 Å². The molecule has 0 bridgehead atoms. The Morgan fingerprint density at radius 1 is 1.21 bits per heavy atom. The van der Waals surface area contributed by atoms with Crippen LogP contribution in [0.5, 0.6) is 0 Å². The van der Waals surface area contributed by atoms with Gasteiger partial charge in [0.1, 0.15) is 0 Å². The molecule has 0 radical (unpaired) electrons. The maximum Gasteiger partial charge on any atom is 0.317 e. The predicted octanol–water partition coefficient (Wildman–Crippen LogP) is -0.142. The van der Waals surface area contributed by atoms with E-state index in [4.69, 9.17) is 0 Å². The molecule has 2 heterocycles. The minimum absolute atomic E-state index is 0.0260. The van der Waals surface area contributed by atoms with Crippen LogP contribution in [-0.4, -0.2) is 67.0 Å². The fraction of sp³-hybridized carbons (Fsp3) is 0.846. The van der Waals surface area contributed by atoms with Gasteiger partial charge in [0.25, 0.3) is 0 Å². The van der Waals surface area contributed by atoms with Gasteiger partial charge < -0.3 is 20.4 Å². The fourth-order valence-electron chi connectivity index (χ4n) is 2.75. The van der Waals surface area contributed by atoms with Crippen LogP contribution in [-0.2, 0) is 4.79 Å². The molecule has 2 atom stereocenters. The van der Waals surface area contributed by atoms with Crippen molar-refractivity contribution in [3.05, 3.63) is 0 Å². The normalized spacial score (nSPS) is 27.5. The number of nitrogens with one attached hydrogen (secondary N) is 2. The van der Waals surface area contributed by atoms with Crippen LogP contribution < -0.4 is 10.6 Å². The van der Waals surface area contributed by atoms with Gasteiger partial charge in [0.15, 0.2) is 0 Å². The first-order valence-corrected chi connectivity index (χ1v) is 7.18. The van der Waals surface area contributed by atoms with Crippen molar-refractivity contribution in [3.8, 4) is 0 Å². The summed E-state index contributed by atoms with van der Waals surface area (Å²) >= 11 is 0. The molecule has 6 heteroatoms. The van der Waals surface area contributed by atoms with Gasteiger partial charge in [0, 0.05) is 32.7 Å². The molecule has 0 spiro atoms. The lowest BCUT2D eigenvalue weighted by Gasteiger charge is -2.36. The van der Waals surface area contributed by atoms with Crippen molar-refractivity contribution in [3.63, 3.8) is 0 Å². The average Bonchev–Trinajstić information content (AvgIpc) is 2.84. The van der Waals surface area contributed by atoms with Crippen molar-refractivity contribution in [2.45, 2.75) is 26.3 Å². The van der Waals surface area contributed by atoms with Crippen LogP contribution in [0.4, 0.5) is 4.79 Å². The summed E-state index contributed by atoms with van der Waals surface area (Å²) in [5.74, 6) is 0.606. The molecular weight excluding hydrogens is 244 g/mol. The number of rotatable bonds is 2. The first-order valence-electron chi connectivity index (χ1n) is 7.18. The number of amides is 3. The van der Waals surface area contributed by atoms with Gasteiger partial charge in [0.05, 0.1) is 6.04 Å². The first kappa shape index (κ1) is 14.1. The fourth-order valence-corrected chi connectivity index (χ4v) is 2.75. The minimum atomic E-state index is -0.0315. The highest BCUT2D eigenvalue weighted by Gasteiger charge is 2.34. The largest absolute Gasteiger partial charge is 0.338 e. The number of hydrogen-bond donors (Lipinski definition) is 2. The topological polar surface area (TPSA) is 64.7 Å². The second-order valence-corrected chi connectivity index (χ2v) is 5.35. The van der Waals surface area contributed by atoms with E-state index in [1.54, 1.807) is 4.90 Å². The zero-order chi connectivity index (χ0) is 13.8. The van der Waals surface area contributed by atoms with Crippen LogP contribution in [0.3, 0.4) is 0 Å². The maximum atomic E-state index is 12.4. The zero-order valence-corrected chi connectivity index (χ0v) is 11.8. The molecule has 0 aromatic heterocycles. The van der Waals surface area contributed by atoms with Gasteiger partial charge in [-0.3, -0.25) is 4.79 Å². The Morgan fingerprint density at radius 3 is 2.37 bits per heavy atom. The molecule has 2 fully saturated rings. The predicted molar refractivity (Wildman–Crippen MR) is 72.8 cm³/mol. The Hall–Kier alpha value is -1.30. The number of hydrogen-bond acceptors (Lipinski definition) is 3. The van der Waals surface area contributed by atoms with Gasteiger partial charge in [-0.15, -0.1) is 0 Å². The van der Waals surface area contributed by atoms with Gasteiger partial charge in [-0.1, -0.05) is 6.92 Å². The molecule has 0 aromatic carbocycles. The van der Waals surface area contributed by atoms with Gasteiger partial charge in [-0.25, -0.2) is 4.79 Å². The number of urea groups is 1. The molecule has 3 amide bonds. The first-order chi connectivity index (χ1) is 9.13. The van der Waals surface area contributed by atoms with E-state index >= 15 is 0 Å². The SMILES string of the molecule is CCNC(=O)N1CCN(C(=O)C2NCCC2C)CC1. The van der Waals surface area contributed by atoms with E-state index in [0.717, 1.165) is 13.0 Å². The van der Waals surface area contributed by atoms with Crippen LogP contribution in [0.1, 0.15) is 20.3 Å². The van der Waals surface area contributed by atoms with E-state index in [9.17, 15) is 9.59 Å². The van der Waals surface area contributed by atoms with Crippen molar-refractivity contribution < 1.29 is 9.59 Å². The van der Waals surface area contributed by atoms with Crippen molar-refractivity contribution in [1.82, 2.24) is 20.4 Å². The molecule has 2 N–H and O–H groups in total. The zero-order valence-electron chi connectivity index (χ0n) is 11.8.